The Morgan fingerprint density at radius 1 is 0.136 bits per heavy atom. The highest BCUT2D eigenvalue weighted by Gasteiger charge is 2.35. The lowest BCUT2D eigenvalue weighted by atomic mass is 10.1. The summed E-state index contributed by atoms with van der Waals surface area (Å²) in [7, 11) is 0.304. The Morgan fingerprint density at radius 3 is 0.512 bits per heavy atom. The van der Waals surface area contributed by atoms with Gasteiger partial charge in [-0.05, 0) is 296 Å². The van der Waals surface area contributed by atoms with Crippen LogP contribution in [0.15, 0.2) is 382 Å². The maximum absolute atomic E-state index is 6.02. The van der Waals surface area contributed by atoms with E-state index >= 15 is 0 Å². The van der Waals surface area contributed by atoms with Crippen LogP contribution in [-0.2, 0) is 0 Å². The first kappa shape index (κ1) is 90.8. The van der Waals surface area contributed by atoms with E-state index in [0.717, 1.165) is 67.9 Å². The predicted octanol–water partition coefficient (Wildman–Crippen LogP) is 23.8. The molecule has 0 aliphatic carbocycles. The molecule has 18 nitrogen and oxygen atoms in total. The van der Waals surface area contributed by atoms with E-state index in [1.54, 1.807) is 94.1 Å². The van der Waals surface area contributed by atoms with Gasteiger partial charge in [-0.3, -0.25) is 0 Å². The van der Waals surface area contributed by atoms with Gasteiger partial charge in [0.05, 0.1) is 21.3 Å². The Morgan fingerprint density at radius 2 is 0.304 bits per heavy atom. The van der Waals surface area contributed by atoms with E-state index < -0.39 is 36.6 Å². The van der Waals surface area contributed by atoms with E-state index in [1.165, 1.54) is 16.7 Å². The molecule has 0 bridgehead atoms. The third-order valence-electron chi connectivity index (χ3n) is 18.2. The van der Waals surface area contributed by atoms with Crippen LogP contribution in [0.25, 0.3) is 0 Å². The molecule has 0 aromatic heterocycles. The highest BCUT2D eigenvalue weighted by molar-refractivity contribution is 6.41. The maximum atomic E-state index is 6.02. The summed E-state index contributed by atoms with van der Waals surface area (Å²) in [6, 6.07) is 120. The SMILES string of the molecule is COc1ccc(OB(Oc2ccc(OC)cc2)Oc2ccc(OC)cc2)cc1.Cc1ccc(OB(Oc2ccc(C)cc2)Oc2cccc(C)c2)cc1.Cc1ccc(OB(Oc2cccc(C)c2)Oc2cccc(C)c2)cc1.Cc1ccccc1OB(Oc1ccccc1C)Oc1ccccc1C.c1ccc(OB(Oc2ccccc2)Oc2ccccc2)cc1. The molecule has 23 heteroatoms. The molecule has 15 rings (SSSR count). The Balaban J connectivity index is 0.000000152. The van der Waals surface area contributed by atoms with E-state index in [1.807, 2.05) is 372 Å². The van der Waals surface area contributed by atoms with Gasteiger partial charge in [0.15, 0.2) is 0 Å². The summed E-state index contributed by atoms with van der Waals surface area (Å²) in [5.74, 6) is 12.3. The lowest BCUT2D eigenvalue weighted by molar-refractivity contribution is 0.304. The number of benzene rings is 15. The van der Waals surface area contributed by atoms with Gasteiger partial charge in [-0.15, -0.1) is 0 Å². The van der Waals surface area contributed by atoms with Gasteiger partial charge in [0.2, 0.25) is 0 Å². The van der Waals surface area contributed by atoms with E-state index in [4.69, 9.17) is 84.0 Å². The first-order valence-corrected chi connectivity index (χ1v) is 40.5. The van der Waals surface area contributed by atoms with E-state index in [0.29, 0.717) is 69.0 Å². The van der Waals surface area contributed by atoms with E-state index in [-0.39, 0.29) is 0 Å². The zero-order chi connectivity index (χ0) is 87.8. The number of hydrogen-bond donors (Lipinski definition) is 0. The lowest BCUT2D eigenvalue weighted by Gasteiger charge is -2.19. The highest BCUT2D eigenvalue weighted by atomic mass is 16.8. The molecule has 0 unspecified atom stereocenters. The third kappa shape index (κ3) is 31.8. The van der Waals surface area contributed by atoms with Crippen LogP contribution in [0.2, 0.25) is 0 Å². The highest BCUT2D eigenvalue weighted by Crippen LogP contribution is 2.30. The second-order valence-corrected chi connectivity index (χ2v) is 28.4. The standard InChI is InChI=1S/C21H21BO6.3C21H21BO3.C18H15BO3/c1-23-16-4-10-19(11-5-16)26-22(27-20-12-6-17(24-2)7-13-20)28-21-14-8-18(25-3)9-15-21;1-16-10-4-7-13-19(16)23-22(24-20-14-8-5-11-17(20)2)25-21-15-9-6-12-18(21)3;1-16-10-12-19(13-11-16)23-22(24-20-8-4-6-17(2)14-20)25-21-9-5-7-18(3)15-21;1-16-7-11-19(12-8-16)23-22(24-20-13-9-17(2)10-14-20)25-21-6-4-5-18(3)15-21;1-4-10-16(11-5-1)20-19(21-17-12-6-2-7-13-17)22-18-14-8-3-9-15-18/h4-15H,1-3H3;3*4-15H,1-3H3;1-15H. The summed E-state index contributed by atoms with van der Waals surface area (Å²) in [5.41, 5.74) is 9.91. The van der Waals surface area contributed by atoms with Crippen molar-refractivity contribution in [2.24, 2.45) is 0 Å². The number of methoxy groups -OCH3 is 3. The van der Waals surface area contributed by atoms with Crippen molar-refractivity contribution in [1.29, 1.82) is 0 Å². The van der Waals surface area contributed by atoms with Crippen molar-refractivity contribution in [3.63, 3.8) is 0 Å². The van der Waals surface area contributed by atoms with Crippen molar-refractivity contribution in [1.82, 2.24) is 0 Å². The second kappa shape index (κ2) is 48.5. The zero-order valence-corrected chi connectivity index (χ0v) is 72.1. The van der Waals surface area contributed by atoms with Gasteiger partial charge in [0, 0.05) is 0 Å². The van der Waals surface area contributed by atoms with Crippen LogP contribution in [0.1, 0.15) is 50.1 Å². The van der Waals surface area contributed by atoms with E-state index in [2.05, 4.69) is 0 Å². The fraction of sp³-hybridized carbons (Fsp3) is 0.118. The van der Waals surface area contributed by atoms with Gasteiger partial charge in [-0.1, -0.05) is 199 Å². The van der Waals surface area contributed by atoms with Crippen LogP contribution in [0.5, 0.6) is 103 Å². The van der Waals surface area contributed by atoms with Crippen LogP contribution in [0.3, 0.4) is 0 Å². The van der Waals surface area contributed by atoms with Crippen molar-refractivity contribution in [3.05, 3.63) is 432 Å². The Labute approximate surface area is 735 Å². The fourth-order valence-corrected chi connectivity index (χ4v) is 11.4. The molecule has 0 atom stereocenters. The van der Waals surface area contributed by atoms with E-state index in [9.17, 15) is 0 Å². The molecule has 0 saturated heterocycles. The normalized spacial score (nSPS) is 10.1. The van der Waals surface area contributed by atoms with Gasteiger partial charge >= 0.3 is 36.6 Å². The first-order valence-electron chi connectivity index (χ1n) is 40.5. The molecule has 15 aromatic rings. The average Bonchev–Trinajstić information content (AvgIpc) is 0.872. The largest absolute Gasteiger partial charge is 0.864 e. The minimum atomic E-state index is -1.00. The molecule has 0 radical (unpaired) electrons. The Kier molecular flexibility index (Phi) is 35.2. The monoisotopic (exact) mass is 1670 g/mol. The Hall–Kier alpha value is -15.0. The van der Waals surface area contributed by atoms with Crippen molar-refractivity contribution >= 4 is 36.6 Å². The molecule has 0 heterocycles. The molecule has 0 aliphatic heterocycles. The molecule has 125 heavy (non-hydrogen) atoms. The number of rotatable bonds is 33. The summed E-state index contributed by atoms with van der Waals surface area (Å²) in [6.45, 7) is 18.1. The van der Waals surface area contributed by atoms with Crippen LogP contribution >= 0.6 is 0 Å². The zero-order valence-electron chi connectivity index (χ0n) is 72.1. The molecule has 15 aromatic carbocycles. The molecular formula is C102H99B5O18. The van der Waals surface area contributed by atoms with Crippen molar-refractivity contribution < 1.29 is 84.0 Å². The molecule has 0 aliphatic rings. The summed E-state index contributed by atoms with van der Waals surface area (Å²) < 4.78 is 104. The summed E-state index contributed by atoms with van der Waals surface area (Å²) in [4.78, 5) is 0. The minimum Gasteiger partial charge on any atom is -0.497 e. The molecule has 630 valence electrons. The topological polar surface area (TPSA) is 166 Å². The maximum Gasteiger partial charge on any atom is 0.864 e. The number of aryl methyl sites for hydroxylation is 9. The lowest BCUT2D eigenvalue weighted by Crippen LogP contribution is -2.37. The van der Waals surface area contributed by atoms with Gasteiger partial charge in [-0.25, -0.2) is 0 Å². The van der Waals surface area contributed by atoms with Crippen molar-refractivity contribution in [2.45, 2.75) is 62.3 Å². The van der Waals surface area contributed by atoms with Crippen LogP contribution in [-0.4, -0.2) is 57.9 Å². The molecule has 0 spiro atoms. The molecule has 0 N–H and O–H groups in total. The average molecular weight is 1670 g/mol. The second-order valence-electron chi connectivity index (χ2n) is 28.4. The first-order chi connectivity index (χ1) is 60.9. The molecule has 0 saturated carbocycles. The summed E-state index contributed by atoms with van der Waals surface area (Å²) in [6.07, 6.45) is 0. The van der Waals surface area contributed by atoms with Crippen LogP contribution < -0.4 is 84.0 Å². The van der Waals surface area contributed by atoms with Gasteiger partial charge in [0.1, 0.15) is 103 Å². The third-order valence-corrected chi connectivity index (χ3v) is 18.2. The Bertz CT molecular complexity index is 5220. The van der Waals surface area contributed by atoms with Gasteiger partial charge < -0.3 is 84.0 Å². The predicted molar refractivity (Wildman–Crippen MR) is 497 cm³/mol. The quantitative estimate of drug-likeness (QED) is 0.0356. The fourth-order valence-electron chi connectivity index (χ4n) is 11.4. The summed E-state index contributed by atoms with van der Waals surface area (Å²) in [5, 5.41) is 0. The molecule has 0 amide bonds. The smallest absolute Gasteiger partial charge is 0.497 e. The summed E-state index contributed by atoms with van der Waals surface area (Å²) >= 11 is 0. The van der Waals surface area contributed by atoms with Crippen molar-refractivity contribution in [2.75, 3.05) is 21.3 Å². The van der Waals surface area contributed by atoms with Gasteiger partial charge in [-0.2, -0.15) is 0 Å². The molecular weight excluding hydrogens is 1570 g/mol. The number of para-hydroxylation sites is 6. The van der Waals surface area contributed by atoms with Crippen molar-refractivity contribution in [3.8, 4) is 103 Å². The minimum absolute atomic E-state index is 0.577. The number of ether oxygens (including phenoxy) is 3. The van der Waals surface area contributed by atoms with Crippen LogP contribution in [0, 0.1) is 62.3 Å². The van der Waals surface area contributed by atoms with Gasteiger partial charge in [0.25, 0.3) is 0 Å². The molecule has 0 fully saturated rings. The number of hydrogen-bond acceptors (Lipinski definition) is 18. The van der Waals surface area contributed by atoms with Crippen LogP contribution in [0.4, 0.5) is 0 Å².